The molecule has 3 rings (SSSR count). The maximum Gasteiger partial charge on any atom is 0.222 e. The number of rotatable bonds is 3. The van der Waals surface area contributed by atoms with Gasteiger partial charge in [-0.3, -0.25) is 0 Å². The quantitative estimate of drug-likeness (QED) is 0.905. The summed E-state index contributed by atoms with van der Waals surface area (Å²) in [4.78, 5) is 11.2. The van der Waals surface area contributed by atoms with Crippen LogP contribution in [0.25, 0.3) is 0 Å². The topological polar surface area (TPSA) is 64.3 Å². The van der Waals surface area contributed by atoms with Crippen molar-refractivity contribution in [2.75, 3.05) is 30.8 Å². The number of methoxy groups -OCH3 is 1. The minimum absolute atomic E-state index is 0.379. The van der Waals surface area contributed by atoms with Crippen molar-refractivity contribution in [2.45, 2.75) is 44.4 Å². The molecule has 0 atom stereocenters. The highest BCUT2D eigenvalue weighted by molar-refractivity contribution is 5.58. The van der Waals surface area contributed by atoms with Crippen LogP contribution >= 0.6 is 0 Å². The highest BCUT2D eigenvalue weighted by Gasteiger charge is 2.28. The second kappa shape index (κ2) is 5.23. The molecule has 1 saturated carbocycles. The fourth-order valence-electron chi connectivity index (χ4n) is 3.29. The third-order valence-corrected chi connectivity index (χ3v) is 4.24. The lowest BCUT2D eigenvalue weighted by Gasteiger charge is -2.22. The average molecular weight is 262 g/mol. The standard InChI is InChI=1S/C14H22N4O/c1-19-12-11(10-6-2-3-7-10)16-14(15)17-13(12)18-8-4-5-9-18/h10H,2-9H2,1H3,(H2,15,16,17). The van der Waals surface area contributed by atoms with E-state index in [-0.39, 0.29) is 0 Å². The number of nitrogen functional groups attached to an aromatic ring is 1. The summed E-state index contributed by atoms with van der Waals surface area (Å²) in [6, 6.07) is 0. The maximum atomic E-state index is 5.91. The minimum Gasteiger partial charge on any atom is -0.491 e. The van der Waals surface area contributed by atoms with Crippen molar-refractivity contribution in [1.82, 2.24) is 9.97 Å². The lowest BCUT2D eigenvalue weighted by molar-refractivity contribution is 0.400. The van der Waals surface area contributed by atoms with Crippen LogP contribution in [0.2, 0.25) is 0 Å². The third-order valence-electron chi connectivity index (χ3n) is 4.24. The van der Waals surface area contributed by atoms with Gasteiger partial charge >= 0.3 is 0 Å². The molecule has 0 radical (unpaired) electrons. The molecule has 0 amide bonds. The van der Waals surface area contributed by atoms with Crippen molar-refractivity contribution in [3.63, 3.8) is 0 Å². The van der Waals surface area contributed by atoms with Crippen LogP contribution in [-0.2, 0) is 0 Å². The Morgan fingerprint density at radius 1 is 1.11 bits per heavy atom. The molecule has 1 aliphatic heterocycles. The summed E-state index contributed by atoms with van der Waals surface area (Å²) in [7, 11) is 1.72. The lowest BCUT2D eigenvalue weighted by Crippen LogP contribution is -2.22. The Morgan fingerprint density at radius 2 is 1.79 bits per heavy atom. The Balaban J connectivity index is 2.02. The van der Waals surface area contributed by atoms with Crippen LogP contribution in [0.5, 0.6) is 5.75 Å². The second-order valence-corrected chi connectivity index (χ2v) is 5.50. The van der Waals surface area contributed by atoms with Crippen LogP contribution in [0.3, 0.4) is 0 Å². The first kappa shape index (κ1) is 12.5. The molecular formula is C14H22N4O. The van der Waals surface area contributed by atoms with Gasteiger partial charge < -0.3 is 15.4 Å². The molecule has 0 spiro atoms. The summed E-state index contributed by atoms with van der Waals surface area (Å²) in [6.45, 7) is 2.08. The van der Waals surface area contributed by atoms with E-state index >= 15 is 0 Å². The molecule has 1 saturated heterocycles. The van der Waals surface area contributed by atoms with Crippen molar-refractivity contribution in [3.05, 3.63) is 5.69 Å². The lowest BCUT2D eigenvalue weighted by atomic mass is 10.0. The van der Waals surface area contributed by atoms with Crippen LogP contribution in [-0.4, -0.2) is 30.2 Å². The van der Waals surface area contributed by atoms with E-state index in [1.54, 1.807) is 7.11 Å². The number of hydrogen-bond donors (Lipinski definition) is 1. The van der Waals surface area contributed by atoms with Gasteiger partial charge in [0.15, 0.2) is 11.6 Å². The first-order chi connectivity index (χ1) is 9.29. The monoisotopic (exact) mass is 262 g/mol. The van der Waals surface area contributed by atoms with Crippen LogP contribution in [0.1, 0.15) is 50.1 Å². The van der Waals surface area contributed by atoms with Gasteiger partial charge in [-0.05, 0) is 25.7 Å². The van der Waals surface area contributed by atoms with Crippen LogP contribution in [0, 0.1) is 0 Å². The average Bonchev–Trinajstić information content (AvgIpc) is 3.11. The molecule has 5 heteroatoms. The van der Waals surface area contributed by atoms with E-state index < -0.39 is 0 Å². The van der Waals surface area contributed by atoms with Crippen molar-refractivity contribution in [3.8, 4) is 5.75 Å². The summed E-state index contributed by atoms with van der Waals surface area (Å²) in [6.07, 6.45) is 7.35. The summed E-state index contributed by atoms with van der Waals surface area (Å²) in [5.74, 6) is 2.61. The smallest absolute Gasteiger partial charge is 0.222 e. The first-order valence-electron chi connectivity index (χ1n) is 7.26. The molecule has 104 valence electrons. The molecule has 2 N–H and O–H groups in total. The molecule has 1 aliphatic carbocycles. The van der Waals surface area contributed by atoms with Gasteiger partial charge in [0.1, 0.15) is 0 Å². The van der Waals surface area contributed by atoms with E-state index in [1.807, 2.05) is 0 Å². The molecule has 2 aliphatic rings. The summed E-state index contributed by atoms with van der Waals surface area (Å²) < 4.78 is 5.63. The zero-order chi connectivity index (χ0) is 13.2. The van der Waals surface area contributed by atoms with Gasteiger partial charge in [-0.15, -0.1) is 0 Å². The highest BCUT2D eigenvalue weighted by Crippen LogP contribution is 2.41. The Morgan fingerprint density at radius 3 is 2.42 bits per heavy atom. The fourth-order valence-corrected chi connectivity index (χ4v) is 3.29. The molecule has 19 heavy (non-hydrogen) atoms. The second-order valence-electron chi connectivity index (χ2n) is 5.50. The summed E-state index contributed by atoms with van der Waals surface area (Å²) in [5, 5.41) is 0. The Hall–Kier alpha value is -1.52. The van der Waals surface area contributed by atoms with Crippen molar-refractivity contribution < 1.29 is 4.74 Å². The maximum absolute atomic E-state index is 5.91. The van der Waals surface area contributed by atoms with E-state index in [0.29, 0.717) is 11.9 Å². The SMILES string of the molecule is COc1c(C2CCCC2)nc(N)nc1N1CCCC1. The van der Waals surface area contributed by atoms with Gasteiger partial charge in [0.2, 0.25) is 5.95 Å². The fraction of sp³-hybridized carbons (Fsp3) is 0.714. The first-order valence-corrected chi connectivity index (χ1v) is 7.26. The molecule has 2 heterocycles. The van der Waals surface area contributed by atoms with E-state index in [0.717, 1.165) is 30.4 Å². The van der Waals surface area contributed by atoms with Gasteiger partial charge in [-0.25, -0.2) is 4.98 Å². The van der Waals surface area contributed by atoms with Crippen LogP contribution in [0.4, 0.5) is 11.8 Å². The number of aromatic nitrogens is 2. The Labute approximate surface area is 114 Å². The zero-order valence-corrected chi connectivity index (χ0v) is 11.6. The van der Waals surface area contributed by atoms with Gasteiger partial charge in [0.05, 0.1) is 12.8 Å². The molecular weight excluding hydrogens is 240 g/mol. The third kappa shape index (κ3) is 2.33. The minimum atomic E-state index is 0.379. The highest BCUT2D eigenvalue weighted by atomic mass is 16.5. The van der Waals surface area contributed by atoms with E-state index in [2.05, 4.69) is 14.9 Å². The predicted molar refractivity (Wildman–Crippen MR) is 75.7 cm³/mol. The molecule has 2 fully saturated rings. The van der Waals surface area contributed by atoms with Gasteiger partial charge in [-0.1, -0.05) is 12.8 Å². The number of nitrogens with two attached hydrogens (primary N) is 1. The summed E-state index contributed by atoms with van der Waals surface area (Å²) >= 11 is 0. The summed E-state index contributed by atoms with van der Waals surface area (Å²) in [5.41, 5.74) is 6.94. The van der Waals surface area contributed by atoms with Gasteiger partial charge in [0, 0.05) is 19.0 Å². The molecule has 0 aromatic carbocycles. The van der Waals surface area contributed by atoms with Crippen molar-refractivity contribution >= 4 is 11.8 Å². The zero-order valence-electron chi connectivity index (χ0n) is 11.6. The Kier molecular flexibility index (Phi) is 3.44. The molecule has 1 aromatic heterocycles. The largest absolute Gasteiger partial charge is 0.491 e. The van der Waals surface area contributed by atoms with Crippen LogP contribution < -0.4 is 15.4 Å². The van der Waals surface area contributed by atoms with Crippen molar-refractivity contribution in [1.29, 1.82) is 0 Å². The van der Waals surface area contributed by atoms with E-state index in [9.17, 15) is 0 Å². The van der Waals surface area contributed by atoms with Gasteiger partial charge in [0.25, 0.3) is 0 Å². The van der Waals surface area contributed by atoms with Crippen LogP contribution in [0.15, 0.2) is 0 Å². The van der Waals surface area contributed by atoms with E-state index in [4.69, 9.17) is 10.5 Å². The molecule has 0 bridgehead atoms. The molecule has 5 nitrogen and oxygen atoms in total. The van der Waals surface area contributed by atoms with Gasteiger partial charge in [-0.2, -0.15) is 4.98 Å². The number of hydrogen-bond acceptors (Lipinski definition) is 5. The van der Waals surface area contributed by atoms with E-state index in [1.165, 1.54) is 38.5 Å². The predicted octanol–water partition coefficient (Wildman–Crippen LogP) is 2.33. The number of nitrogens with zero attached hydrogens (tertiary/aromatic N) is 3. The Bertz CT molecular complexity index is 414. The number of anilines is 2. The number of ether oxygens (including phenoxy) is 1. The molecule has 0 unspecified atom stereocenters. The van der Waals surface area contributed by atoms with Crippen molar-refractivity contribution in [2.24, 2.45) is 0 Å². The molecule has 1 aromatic rings. The normalized spacial score (nSPS) is 20.2.